The fourth-order valence-electron chi connectivity index (χ4n) is 1.73. The number of carboxylic acid groups (broad SMARTS) is 1. The van der Waals surface area contributed by atoms with Crippen molar-refractivity contribution in [2.24, 2.45) is 5.92 Å². The van der Waals surface area contributed by atoms with E-state index in [1.165, 1.54) is 0 Å². The minimum atomic E-state index is -1.19. The van der Waals surface area contributed by atoms with Crippen LogP contribution in [0.15, 0.2) is 18.2 Å². The first-order valence-electron chi connectivity index (χ1n) is 6.20. The van der Waals surface area contributed by atoms with Crippen molar-refractivity contribution in [1.82, 2.24) is 5.32 Å². The van der Waals surface area contributed by atoms with Crippen LogP contribution < -0.4 is 5.32 Å². The SMILES string of the molecule is CC(C)CC(NC(=O)c1ccc([N+](=O)[O-])c(F)c1)C(=O)O. The number of benzene rings is 1. The first-order chi connectivity index (χ1) is 9.72. The average molecular weight is 298 g/mol. The van der Waals surface area contributed by atoms with Gasteiger partial charge >= 0.3 is 11.7 Å². The van der Waals surface area contributed by atoms with Crippen LogP contribution in [-0.2, 0) is 4.79 Å². The molecule has 21 heavy (non-hydrogen) atoms. The Kier molecular flexibility index (Phi) is 5.34. The van der Waals surface area contributed by atoms with Crippen LogP contribution >= 0.6 is 0 Å². The lowest BCUT2D eigenvalue weighted by Crippen LogP contribution is -2.41. The summed E-state index contributed by atoms with van der Waals surface area (Å²) in [6.07, 6.45) is 0.219. The number of rotatable bonds is 6. The van der Waals surface area contributed by atoms with Gasteiger partial charge in [-0.15, -0.1) is 0 Å². The van der Waals surface area contributed by atoms with Crippen LogP contribution in [0.5, 0.6) is 0 Å². The molecule has 1 aromatic rings. The Balaban J connectivity index is 2.90. The van der Waals surface area contributed by atoms with Crippen molar-refractivity contribution in [3.63, 3.8) is 0 Å². The van der Waals surface area contributed by atoms with Gasteiger partial charge in [0.15, 0.2) is 0 Å². The first-order valence-corrected chi connectivity index (χ1v) is 6.20. The summed E-state index contributed by atoms with van der Waals surface area (Å²) in [6.45, 7) is 3.60. The van der Waals surface area contributed by atoms with E-state index in [9.17, 15) is 24.1 Å². The Labute approximate surface area is 119 Å². The maximum atomic E-state index is 13.4. The van der Waals surface area contributed by atoms with Gasteiger partial charge in [0.1, 0.15) is 6.04 Å². The molecule has 1 unspecified atom stereocenters. The monoisotopic (exact) mass is 298 g/mol. The number of carbonyl (C=O) groups excluding carboxylic acids is 1. The third kappa shape index (κ3) is 4.51. The number of nitro benzene ring substituents is 1. The van der Waals surface area contributed by atoms with E-state index in [-0.39, 0.29) is 17.9 Å². The number of carbonyl (C=O) groups is 2. The van der Waals surface area contributed by atoms with Crippen LogP contribution in [0.4, 0.5) is 10.1 Å². The number of nitrogens with zero attached hydrogens (tertiary/aromatic N) is 1. The fraction of sp³-hybridized carbons (Fsp3) is 0.385. The zero-order valence-electron chi connectivity index (χ0n) is 11.5. The summed E-state index contributed by atoms with van der Waals surface area (Å²) < 4.78 is 13.4. The second-order valence-electron chi connectivity index (χ2n) is 4.92. The van der Waals surface area contributed by atoms with Gasteiger partial charge in [-0.2, -0.15) is 4.39 Å². The molecule has 0 fully saturated rings. The van der Waals surface area contributed by atoms with Crippen LogP contribution in [0.25, 0.3) is 0 Å². The predicted molar refractivity (Wildman–Crippen MR) is 71.4 cm³/mol. The maximum absolute atomic E-state index is 13.4. The Morgan fingerprint density at radius 1 is 1.43 bits per heavy atom. The number of aliphatic carboxylic acids is 1. The smallest absolute Gasteiger partial charge is 0.326 e. The second kappa shape index (κ2) is 6.78. The van der Waals surface area contributed by atoms with E-state index in [1.807, 2.05) is 0 Å². The summed E-state index contributed by atoms with van der Waals surface area (Å²) in [4.78, 5) is 32.5. The standard InChI is InChI=1S/C13H15FN2O5/c1-7(2)5-10(13(18)19)15-12(17)8-3-4-11(16(20)21)9(14)6-8/h3-4,6-7,10H,5H2,1-2H3,(H,15,17)(H,18,19). The molecule has 0 saturated carbocycles. The predicted octanol–water partition coefficient (Wildman–Crippen LogP) is 1.96. The first kappa shape index (κ1) is 16.5. The number of nitrogens with one attached hydrogen (secondary N) is 1. The number of nitro groups is 1. The van der Waals surface area contributed by atoms with Crippen molar-refractivity contribution in [2.45, 2.75) is 26.3 Å². The van der Waals surface area contributed by atoms with Crippen molar-refractivity contribution in [2.75, 3.05) is 0 Å². The molecule has 1 aromatic carbocycles. The third-order valence-electron chi connectivity index (χ3n) is 2.72. The minimum Gasteiger partial charge on any atom is -0.480 e. The zero-order chi connectivity index (χ0) is 16.2. The Hall–Kier alpha value is -2.51. The molecule has 7 nitrogen and oxygen atoms in total. The Bertz CT molecular complexity index is 574. The molecule has 0 aliphatic heterocycles. The minimum absolute atomic E-state index is 0.0417. The highest BCUT2D eigenvalue weighted by Crippen LogP contribution is 2.18. The van der Waals surface area contributed by atoms with Crippen molar-refractivity contribution in [3.8, 4) is 0 Å². The van der Waals surface area contributed by atoms with E-state index in [0.29, 0.717) is 6.07 Å². The lowest BCUT2D eigenvalue weighted by molar-refractivity contribution is -0.387. The summed E-state index contributed by atoms with van der Waals surface area (Å²) in [5, 5.41) is 21.8. The number of carboxylic acids is 1. The summed E-state index contributed by atoms with van der Waals surface area (Å²) in [5.41, 5.74) is -0.920. The van der Waals surface area contributed by atoms with Gasteiger partial charge in [-0.05, 0) is 24.5 Å². The van der Waals surface area contributed by atoms with Crippen molar-refractivity contribution < 1.29 is 24.0 Å². The van der Waals surface area contributed by atoms with Gasteiger partial charge < -0.3 is 10.4 Å². The summed E-state index contributed by atoms with van der Waals surface area (Å²) in [6, 6.07) is 1.55. The van der Waals surface area contributed by atoms with Gasteiger partial charge in [-0.1, -0.05) is 13.8 Å². The summed E-state index contributed by atoms with van der Waals surface area (Å²) in [5.74, 6) is -3.10. The van der Waals surface area contributed by atoms with E-state index in [2.05, 4.69) is 5.32 Å². The Morgan fingerprint density at radius 3 is 2.48 bits per heavy atom. The van der Waals surface area contributed by atoms with E-state index >= 15 is 0 Å². The zero-order valence-corrected chi connectivity index (χ0v) is 11.5. The maximum Gasteiger partial charge on any atom is 0.326 e. The van der Waals surface area contributed by atoms with E-state index in [0.717, 1.165) is 12.1 Å². The van der Waals surface area contributed by atoms with Crippen LogP contribution in [0.3, 0.4) is 0 Å². The molecular formula is C13H15FN2O5. The molecule has 2 N–H and O–H groups in total. The second-order valence-corrected chi connectivity index (χ2v) is 4.92. The molecule has 0 heterocycles. The van der Waals surface area contributed by atoms with E-state index in [1.54, 1.807) is 13.8 Å². The summed E-state index contributed by atoms with van der Waals surface area (Å²) >= 11 is 0. The van der Waals surface area contributed by atoms with Gasteiger partial charge in [0.25, 0.3) is 5.91 Å². The normalized spacial score (nSPS) is 12.0. The van der Waals surface area contributed by atoms with E-state index in [4.69, 9.17) is 5.11 Å². The van der Waals surface area contributed by atoms with Gasteiger partial charge in [-0.25, -0.2) is 4.79 Å². The average Bonchev–Trinajstić information content (AvgIpc) is 2.36. The number of hydrogen-bond donors (Lipinski definition) is 2. The Morgan fingerprint density at radius 2 is 2.05 bits per heavy atom. The van der Waals surface area contributed by atoms with Crippen molar-refractivity contribution in [3.05, 3.63) is 39.7 Å². The van der Waals surface area contributed by atoms with Crippen LogP contribution in [0.2, 0.25) is 0 Å². The van der Waals surface area contributed by atoms with Crippen molar-refractivity contribution in [1.29, 1.82) is 0 Å². The van der Waals surface area contributed by atoms with Gasteiger partial charge in [0, 0.05) is 11.6 Å². The molecule has 8 heteroatoms. The third-order valence-corrected chi connectivity index (χ3v) is 2.72. The van der Waals surface area contributed by atoms with Crippen LogP contribution in [0, 0.1) is 21.8 Å². The van der Waals surface area contributed by atoms with Crippen LogP contribution in [0.1, 0.15) is 30.6 Å². The molecule has 0 aliphatic rings. The quantitative estimate of drug-likeness (QED) is 0.616. The highest BCUT2D eigenvalue weighted by molar-refractivity contribution is 5.96. The fourth-order valence-corrected chi connectivity index (χ4v) is 1.73. The molecule has 1 rings (SSSR count). The molecule has 0 radical (unpaired) electrons. The molecule has 0 saturated heterocycles. The summed E-state index contributed by atoms with van der Waals surface area (Å²) in [7, 11) is 0. The van der Waals surface area contributed by atoms with Gasteiger partial charge in [-0.3, -0.25) is 14.9 Å². The highest BCUT2D eigenvalue weighted by Gasteiger charge is 2.23. The highest BCUT2D eigenvalue weighted by atomic mass is 19.1. The number of hydrogen-bond acceptors (Lipinski definition) is 4. The lowest BCUT2D eigenvalue weighted by Gasteiger charge is -2.16. The molecule has 0 spiro atoms. The molecular weight excluding hydrogens is 283 g/mol. The molecule has 1 atom stereocenters. The lowest BCUT2D eigenvalue weighted by atomic mass is 10.0. The van der Waals surface area contributed by atoms with Crippen molar-refractivity contribution >= 4 is 17.6 Å². The molecule has 1 amide bonds. The van der Waals surface area contributed by atoms with Crippen LogP contribution in [-0.4, -0.2) is 27.9 Å². The molecule has 0 aromatic heterocycles. The van der Waals surface area contributed by atoms with Gasteiger partial charge in [0.05, 0.1) is 4.92 Å². The number of amides is 1. The van der Waals surface area contributed by atoms with Gasteiger partial charge in [0.2, 0.25) is 5.82 Å². The molecule has 0 aliphatic carbocycles. The molecule has 0 bridgehead atoms. The number of halogens is 1. The van der Waals surface area contributed by atoms with E-state index < -0.39 is 34.3 Å². The largest absolute Gasteiger partial charge is 0.480 e. The topological polar surface area (TPSA) is 110 Å². The molecule has 114 valence electrons.